The summed E-state index contributed by atoms with van der Waals surface area (Å²) in [5.74, 6) is -0.483. The topological polar surface area (TPSA) is 105 Å². The molecule has 9 heteroatoms. The Bertz CT molecular complexity index is 1060. The minimum Gasteiger partial charge on any atom is -0.459 e. The van der Waals surface area contributed by atoms with Crippen molar-refractivity contribution in [2.75, 3.05) is 18.4 Å². The number of anilines is 1. The Morgan fingerprint density at radius 3 is 2.48 bits per heavy atom. The van der Waals surface area contributed by atoms with Crippen LogP contribution < -0.4 is 10.6 Å². The Labute approximate surface area is 197 Å². The zero-order chi connectivity index (χ0) is 23.8. The molecule has 2 N–H and O–H groups in total. The lowest BCUT2D eigenvalue weighted by atomic mass is 10.1. The van der Waals surface area contributed by atoms with Crippen LogP contribution in [0.25, 0.3) is 0 Å². The Morgan fingerprint density at radius 1 is 1.06 bits per heavy atom. The third-order valence-electron chi connectivity index (χ3n) is 4.76. The van der Waals surface area contributed by atoms with Crippen LogP contribution >= 0.6 is 11.3 Å². The number of rotatable bonds is 10. The van der Waals surface area contributed by atoms with Gasteiger partial charge in [-0.2, -0.15) is 0 Å². The van der Waals surface area contributed by atoms with E-state index in [2.05, 4.69) is 15.6 Å². The van der Waals surface area contributed by atoms with Crippen molar-refractivity contribution >= 4 is 34.2 Å². The van der Waals surface area contributed by atoms with E-state index in [0.717, 1.165) is 5.56 Å². The Kier molecular flexibility index (Phi) is 8.37. The average Bonchev–Trinajstić information content (AvgIpc) is 3.45. The maximum Gasteiger partial charge on any atom is 0.290 e. The molecule has 3 aromatic rings. The first-order valence-corrected chi connectivity index (χ1v) is 11.6. The molecule has 174 valence electrons. The smallest absolute Gasteiger partial charge is 0.290 e. The van der Waals surface area contributed by atoms with E-state index in [1.165, 1.54) is 22.5 Å². The fourth-order valence-electron chi connectivity index (χ4n) is 3.28. The molecule has 3 rings (SSSR count). The van der Waals surface area contributed by atoms with E-state index in [1.807, 2.05) is 51.1 Å². The van der Waals surface area contributed by atoms with Crippen LogP contribution in [0.15, 0.2) is 58.5 Å². The van der Waals surface area contributed by atoms with Gasteiger partial charge >= 0.3 is 0 Å². The van der Waals surface area contributed by atoms with Gasteiger partial charge in [-0.1, -0.05) is 44.2 Å². The number of benzene rings is 1. The summed E-state index contributed by atoms with van der Waals surface area (Å²) in [4.78, 5) is 43.4. The van der Waals surface area contributed by atoms with Crippen molar-refractivity contribution < 1.29 is 18.8 Å². The molecule has 0 fully saturated rings. The molecule has 1 unspecified atom stereocenters. The molecule has 0 aliphatic carbocycles. The zero-order valence-corrected chi connectivity index (χ0v) is 19.7. The number of furan rings is 1. The first-order chi connectivity index (χ1) is 15.8. The van der Waals surface area contributed by atoms with E-state index in [1.54, 1.807) is 17.5 Å². The van der Waals surface area contributed by atoms with Crippen molar-refractivity contribution in [3.8, 4) is 0 Å². The van der Waals surface area contributed by atoms with Crippen molar-refractivity contribution in [3.63, 3.8) is 0 Å². The van der Waals surface area contributed by atoms with E-state index in [-0.39, 0.29) is 48.4 Å². The van der Waals surface area contributed by atoms with Crippen molar-refractivity contribution in [2.24, 2.45) is 5.92 Å². The fraction of sp³-hybridized carbons (Fsp3) is 0.333. The predicted molar refractivity (Wildman–Crippen MR) is 127 cm³/mol. The highest BCUT2D eigenvalue weighted by Crippen LogP contribution is 2.17. The van der Waals surface area contributed by atoms with Crippen LogP contribution in [0, 0.1) is 5.92 Å². The van der Waals surface area contributed by atoms with Gasteiger partial charge < -0.3 is 20.0 Å². The number of thiazole rings is 1. The predicted octanol–water partition coefficient (Wildman–Crippen LogP) is 3.89. The summed E-state index contributed by atoms with van der Waals surface area (Å²) < 4.78 is 5.18. The lowest BCUT2D eigenvalue weighted by molar-refractivity contribution is -0.121. The van der Waals surface area contributed by atoms with E-state index >= 15 is 0 Å². The first kappa shape index (κ1) is 24.2. The minimum absolute atomic E-state index is 0.111. The SMILES string of the molecule is CC(C)CN(CC(=O)Nc1nc(CC(=O)NC(C)c2ccccc2)cs1)C(=O)c1ccco1. The van der Waals surface area contributed by atoms with E-state index in [0.29, 0.717) is 17.4 Å². The second-order valence-corrected chi connectivity index (χ2v) is 8.98. The van der Waals surface area contributed by atoms with Gasteiger partial charge in [-0.3, -0.25) is 14.4 Å². The summed E-state index contributed by atoms with van der Waals surface area (Å²) in [6, 6.07) is 12.8. The van der Waals surface area contributed by atoms with Gasteiger partial charge in [-0.15, -0.1) is 11.3 Å². The second-order valence-electron chi connectivity index (χ2n) is 8.13. The Hall–Kier alpha value is -3.46. The molecule has 0 aliphatic rings. The van der Waals surface area contributed by atoms with Crippen molar-refractivity contribution in [1.29, 1.82) is 0 Å². The van der Waals surface area contributed by atoms with Gasteiger partial charge in [-0.25, -0.2) is 4.98 Å². The molecule has 1 aromatic carbocycles. The number of amides is 3. The maximum atomic E-state index is 12.6. The number of nitrogens with one attached hydrogen (secondary N) is 2. The second kappa shape index (κ2) is 11.4. The van der Waals surface area contributed by atoms with Crippen LogP contribution in [-0.4, -0.2) is 40.7 Å². The van der Waals surface area contributed by atoms with Gasteiger partial charge in [0.2, 0.25) is 11.8 Å². The van der Waals surface area contributed by atoms with E-state index < -0.39 is 0 Å². The average molecular weight is 469 g/mol. The molecule has 2 aromatic heterocycles. The molecule has 1 atom stereocenters. The van der Waals surface area contributed by atoms with Gasteiger partial charge in [0.15, 0.2) is 10.9 Å². The van der Waals surface area contributed by atoms with Crippen molar-refractivity contribution in [1.82, 2.24) is 15.2 Å². The first-order valence-electron chi connectivity index (χ1n) is 10.7. The molecule has 0 spiro atoms. The minimum atomic E-state index is -0.362. The highest BCUT2D eigenvalue weighted by Gasteiger charge is 2.22. The molecule has 0 bridgehead atoms. The molecule has 0 saturated carbocycles. The van der Waals surface area contributed by atoms with Crippen LogP contribution in [0.4, 0.5) is 5.13 Å². The van der Waals surface area contributed by atoms with Gasteiger partial charge in [0.1, 0.15) is 6.54 Å². The van der Waals surface area contributed by atoms with E-state index in [9.17, 15) is 14.4 Å². The Morgan fingerprint density at radius 2 is 1.82 bits per heavy atom. The number of hydrogen-bond donors (Lipinski definition) is 2. The maximum absolute atomic E-state index is 12.6. The molecule has 2 heterocycles. The van der Waals surface area contributed by atoms with Crippen molar-refractivity contribution in [2.45, 2.75) is 33.2 Å². The lowest BCUT2D eigenvalue weighted by Gasteiger charge is -2.22. The number of carbonyl (C=O) groups excluding carboxylic acids is 3. The standard InChI is InChI=1S/C24H28N4O4S/c1-16(2)13-28(23(31)20-10-7-11-32-20)14-22(30)27-24-26-19(15-33-24)12-21(29)25-17(3)18-8-5-4-6-9-18/h4-11,15-17H,12-14H2,1-3H3,(H,25,29)(H,26,27,30). The van der Waals surface area contributed by atoms with Gasteiger partial charge in [0.05, 0.1) is 24.4 Å². The molecule has 0 aliphatic heterocycles. The van der Waals surface area contributed by atoms with Crippen LogP contribution in [0.5, 0.6) is 0 Å². The molecule has 8 nitrogen and oxygen atoms in total. The van der Waals surface area contributed by atoms with Gasteiger partial charge in [-0.05, 0) is 30.5 Å². The molecule has 33 heavy (non-hydrogen) atoms. The lowest BCUT2D eigenvalue weighted by Crippen LogP contribution is -2.40. The van der Waals surface area contributed by atoms with Crippen LogP contribution in [-0.2, 0) is 16.0 Å². The number of aromatic nitrogens is 1. The van der Waals surface area contributed by atoms with Gasteiger partial charge in [0.25, 0.3) is 5.91 Å². The molecule has 3 amide bonds. The molecule has 0 saturated heterocycles. The largest absolute Gasteiger partial charge is 0.459 e. The van der Waals surface area contributed by atoms with Crippen LogP contribution in [0.3, 0.4) is 0 Å². The molecular weight excluding hydrogens is 440 g/mol. The fourth-order valence-corrected chi connectivity index (χ4v) is 4.00. The highest BCUT2D eigenvalue weighted by atomic mass is 32.1. The quantitative estimate of drug-likeness (QED) is 0.470. The number of carbonyl (C=O) groups is 3. The number of nitrogens with zero attached hydrogens (tertiary/aromatic N) is 2. The summed E-state index contributed by atoms with van der Waals surface area (Å²) in [5, 5.41) is 7.79. The molecular formula is C24H28N4O4S. The molecule has 0 radical (unpaired) electrons. The summed E-state index contributed by atoms with van der Waals surface area (Å²) >= 11 is 1.24. The summed E-state index contributed by atoms with van der Waals surface area (Å²) in [7, 11) is 0. The van der Waals surface area contributed by atoms with E-state index in [4.69, 9.17) is 4.42 Å². The van der Waals surface area contributed by atoms with Crippen LogP contribution in [0.1, 0.15) is 48.6 Å². The zero-order valence-electron chi connectivity index (χ0n) is 18.9. The van der Waals surface area contributed by atoms with Gasteiger partial charge in [0, 0.05) is 11.9 Å². The third kappa shape index (κ3) is 7.28. The highest BCUT2D eigenvalue weighted by molar-refractivity contribution is 7.13. The summed E-state index contributed by atoms with van der Waals surface area (Å²) in [6.45, 7) is 6.15. The Balaban J connectivity index is 1.53. The van der Waals surface area contributed by atoms with Crippen LogP contribution in [0.2, 0.25) is 0 Å². The monoisotopic (exact) mass is 468 g/mol. The normalized spacial score (nSPS) is 11.8. The third-order valence-corrected chi connectivity index (χ3v) is 5.56. The number of hydrogen-bond acceptors (Lipinski definition) is 6. The summed E-state index contributed by atoms with van der Waals surface area (Å²) in [5.41, 5.74) is 1.59. The van der Waals surface area contributed by atoms with Crippen molar-refractivity contribution in [3.05, 3.63) is 71.1 Å². The summed E-state index contributed by atoms with van der Waals surface area (Å²) in [6.07, 6.45) is 1.54.